The van der Waals surface area contributed by atoms with Crippen LogP contribution >= 0.6 is 0 Å². The molecule has 2 saturated heterocycles. The average Bonchev–Trinajstić information content (AvgIpc) is 3.31. The lowest BCUT2D eigenvalue weighted by Crippen LogP contribution is -2.66. The maximum Gasteiger partial charge on any atom is 0.311 e. The molecule has 2 fully saturated rings. The third kappa shape index (κ3) is 13.4. The molecule has 0 amide bonds. The van der Waals surface area contributed by atoms with Crippen LogP contribution in [0.2, 0.25) is 0 Å². The van der Waals surface area contributed by atoms with Crippen LogP contribution < -0.4 is 0 Å². The van der Waals surface area contributed by atoms with Crippen LogP contribution in [0.25, 0.3) is 0 Å². The van der Waals surface area contributed by atoms with E-state index in [0.717, 1.165) is 27.8 Å². The SMILES string of the molecule is CC(C)(C)C(=O)OC1C(OCc2ccccc2)[C@H](O[C@@H]2OC(COCc3ccccc3)[C@H](OCc3ccccc3)C(O)C2OCc2ccccc2)[C@H](COCc2ccccc2)O[C@H]1O. The van der Waals surface area contributed by atoms with Gasteiger partial charge in [0.15, 0.2) is 18.7 Å². The number of carbonyl (C=O) groups excluding carboxylic acids is 1. The minimum Gasteiger partial charge on any atom is -0.454 e. The van der Waals surface area contributed by atoms with Crippen LogP contribution in [-0.2, 0) is 80.5 Å². The van der Waals surface area contributed by atoms with Crippen molar-refractivity contribution in [2.75, 3.05) is 13.2 Å². The van der Waals surface area contributed by atoms with E-state index >= 15 is 0 Å². The standard InChI is InChI=1S/C52H60O12/c1-52(2,3)51(55)64-48-47(60-33-40-27-17-8-18-28-40)45(42(61-49(48)54)35-57-30-37-21-11-5-12-22-37)63-50-46(59-32-39-25-15-7-16-26-39)43(53)44(58-31-38-23-13-6-14-24-38)41(62-50)34-56-29-36-19-9-4-10-20-36/h4-28,41-50,53-54H,29-35H2,1-3H3/t41?,42-,43?,44-,45+,46?,47?,48?,49+,50-/m0/s1. The van der Waals surface area contributed by atoms with Crippen LogP contribution in [0.5, 0.6) is 0 Å². The van der Waals surface area contributed by atoms with Gasteiger partial charge >= 0.3 is 5.97 Å². The summed E-state index contributed by atoms with van der Waals surface area (Å²) < 4.78 is 58.4. The van der Waals surface area contributed by atoms with Crippen LogP contribution in [0.1, 0.15) is 48.6 Å². The molecule has 0 aromatic heterocycles. The largest absolute Gasteiger partial charge is 0.454 e. The van der Waals surface area contributed by atoms with Crippen LogP contribution in [0, 0.1) is 5.41 Å². The van der Waals surface area contributed by atoms with Gasteiger partial charge in [0.1, 0.15) is 42.7 Å². The van der Waals surface area contributed by atoms with Gasteiger partial charge in [0, 0.05) is 0 Å². The van der Waals surface area contributed by atoms with Gasteiger partial charge in [0.25, 0.3) is 0 Å². The molecule has 0 bridgehead atoms. The summed E-state index contributed by atoms with van der Waals surface area (Å²) in [5.41, 5.74) is 3.57. The Morgan fingerprint density at radius 2 is 0.859 bits per heavy atom. The highest BCUT2D eigenvalue weighted by atomic mass is 16.7. The van der Waals surface area contributed by atoms with E-state index in [0.29, 0.717) is 0 Å². The summed E-state index contributed by atoms with van der Waals surface area (Å²) >= 11 is 0. The zero-order chi connectivity index (χ0) is 44.7. The maximum atomic E-state index is 13.6. The highest BCUT2D eigenvalue weighted by molar-refractivity contribution is 5.75. The molecule has 0 radical (unpaired) electrons. The summed E-state index contributed by atoms with van der Waals surface area (Å²) in [5.74, 6) is -0.576. The maximum absolute atomic E-state index is 13.6. The molecule has 2 aliphatic rings. The lowest BCUT2D eigenvalue weighted by Gasteiger charge is -2.49. The Labute approximate surface area is 375 Å². The second-order valence-corrected chi connectivity index (χ2v) is 17.1. The van der Waals surface area contributed by atoms with Crippen molar-refractivity contribution < 1.29 is 57.6 Å². The first kappa shape index (κ1) is 47.1. The lowest BCUT2D eigenvalue weighted by atomic mass is 9.94. The Morgan fingerprint density at radius 1 is 0.484 bits per heavy atom. The van der Waals surface area contributed by atoms with E-state index in [1.54, 1.807) is 20.8 Å². The van der Waals surface area contributed by atoms with Gasteiger partial charge in [0.2, 0.25) is 0 Å². The van der Waals surface area contributed by atoms with E-state index in [1.807, 2.05) is 152 Å². The molecule has 0 spiro atoms. The lowest BCUT2D eigenvalue weighted by molar-refractivity contribution is -0.369. The van der Waals surface area contributed by atoms with Gasteiger partial charge in [-0.1, -0.05) is 152 Å². The topological polar surface area (TPSA) is 141 Å². The van der Waals surface area contributed by atoms with E-state index in [-0.39, 0.29) is 46.2 Å². The van der Waals surface area contributed by atoms with Crippen molar-refractivity contribution in [3.05, 3.63) is 179 Å². The molecule has 12 heteroatoms. The Bertz CT molecular complexity index is 2080. The summed E-state index contributed by atoms with van der Waals surface area (Å²) in [6.07, 6.45) is -11.7. The Kier molecular flexibility index (Phi) is 17.2. The van der Waals surface area contributed by atoms with Crippen LogP contribution in [0.4, 0.5) is 0 Å². The van der Waals surface area contributed by atoms with E-state index < -0.39 is 72.8 Å². The number of hydrogen-bond donors (Lipinski definition) is 2. The van der Waals surface area contributed by atoms with Crippen LogP contribution in [0.15, 0.2) is 152 Å². The fourth-order valence-electron chi connectivity index (χ4n) is 7.52. The first-order valence-electron chi connectivity index (χ1n) is 21.9. The molecule has 2 N–H and O–H groups in total. The molecule has 10 atom stereocenters. The molecule has 2 aliphatic heterocycles. The normalized spacial score (nSPS) is 26.0. The van der Waals surface area contributed by atoms with Crippen molar-refractivity contribution >= 4 is 5.97 Å². The van der Waals surface area contributed by atoms with E-state index in [4.69, 9.17) is 42.6 Å². The molecular weight excluding hydrogens is 817 g/mol. The van der Waals surface area contributed by atoms with Gasteiger partial charge in [-0.3, -0.25) is 4.79 Å². The summed E-state index contributed by atoms with van der Waals surface area (Å²) in [7, 11) is 0. The number of hydrogen-bond acceptors (Lipinski definition) is 12. The Hall–Kier alpha value is -4.83. The number of esters is 1. The van der Waals surface area contributed by atoms with Gasteiger partial charge in [-0.05, 0) is 48.6 Å². The van der Waals surface area contributed by atoms with E-state index in [2.05, 4.69) is 0 Å². The second-order valence-electron chi connectivity index (χ2n) is 17.1. The van der Waals surface area contributed by atoms with Crippen molar-refractivity contribution in [2.24, 2.45) is 5.41 Å². The molecule has 340 valence electrons. The average molecular weight is 877 g/mol. The summed E-state index contributed by atoms with van der Waals surface area (Å²) in [4.78, 5) is 13.6. The predicted molar refractivity (Wildman–Crippen MR) is 237 cm³/mol. The second kappa shape index (κ2) is 23.4. The van der Waals surface area contributed by atoms with Gasteiger partial charge in [-0.25, -0.2) is 0 Å². The molecule has 7 rings (SSSR count). The smallest absolute Gasteiger partial charge is 0.311 e. The number of rotatable bonds is 20. The van der Waals surface area contributed by atoms with E-state index in [1.165, 1.54) is 0 Å². The molecule has 5 unspecified atom stereocenters. The third-order valence-corrected chi connectivity index (χ3v) is 11.0. The highest BCUT2D eigenvalue weighted by Crippen LogP contribution is 2.35. The minimum atomic E-state index is -1.62. The van der Waals surface area contributed by atoms with Crippen LogP contribution in [0.3, 0.4) is 0 Å². The van der Waals surface area contributed by atoms with Crippen molar-refractivity contribution in [3.8, 4) is 0 Å². The fraction of sp³-hybridized carbons (Fsp3) is 0.404. The summed E-state index contributed by atoms with van der Waals surface area (Å²) in [6, 6.07) is 48.2. The molecule has 5 aromatic carbocycles. The molecule has 12 nitrogen and oxygen atoms in total. The molecule has 0 aliphatic carbocycles. The number of carbonyl (C=O) groups is 1. The monoisotopic (exact) mass is 876 g/mol. The zero-order valence-corrected chi connectivity index (χ0v) is 36.6. The molecule has 0 saturated carbocycles. The van der Waals surface area contributed by atoms with Crippen molar-refractivity contribution in [1.82, 2.24) is 0 Å². The van der Waals surface area contributed by atoms with Crippen molar-refractivity contribution in [3.63, 3.8) is 0 Å². The molecule has 5 aromatic rings. The predicted octanol–water partition coefficient (Wildman–Crippen LogP) is 7.32. The Morgan fingerprint density at radius 3 is 1.28 bits per heavy atom. The number of benzene rings is 5. The van der Waals surface area contributed by atoms with Crippen molar-refractivity contribution in [1.29, 1.82) is 0 Å². The summed E-state index contributed by atoms with van der Waals surface area (Å²) in [5, 5.41) is 24.1. The van der Waals surface area contributed by atoms with E-state index in [9.17, 15) is 15.0 Å². The fourth-order valence-corrected chi connectivity index (χ4v) is 7.52. The molecule has 64 heavy (non-hydrogen) atoms. The number of ether oxygens (including phenoxy) is 9. The van der Waals surface area contributed by atoms with Gasteiger partial charge in [-0.2, -0.15) is 0 Å². The van der Waals surface area contributed by atoms with Crippen LogP contribution in [-0.4, -0.2) is 90.8 Å². The number of aliphatic hydroxyl groups is 2. The highest BCUT2D eigenvalue weighted by Gasteiger charge is 2.54. The molecule has 2 heterocycles. The van der Waals surface area contributed by atoms with Gasteiger partial charge < -0.3 is 52.8 Å². The molecular formula is C52H60O12. The first-order chi connectivity index (χ1) is 31.1. The number of aliphatic hydroxyl groups excluding tert-OH is 2. The van der Waals surface area contributed by atoms with Crippen molar-refractivity contribution in [2.45, 2.75) is 115 Å². The van der Waals surface area contributed by atoms with Gasteiger partial charge in [0.05, 0.1) is 51.7 Å². The minimum absolute atomic E-state index is 0.0277. The first-order valence-corrected chi connectivity index (χ1v) is 21.9. The van der Waals surface area contributed by atoms with Gasteiger partial charge in [-0.15, -0.1) is 0 Å². The summed E-state index contributed by atoms with van der Waals surface area (Å²) in [6.45, 7) is 6.03. The third-order valence-electron chi connectivity index (χ3n) is 11.0. The quantitative estimate of drug-likeness (QED) is 0.0758. The zero-order valence-electron chi connectivity index (χ0n) is 36.6. The Balaban J connectivity index is 1.23.